The zero-order chi connectivity index (χ0) is 12.8. The van der Waals surface area contributed by atoms with Gasteiger partial charge >= 0.3 is 0 Å². The average molecular weight is 267 g/mol. The summed E-state index contributed by atoms with van der Waals surface area (Å²) in [5.74, 6) is 0.918. The Morgan fingerprint density at radius 2 is 2.17 bits per heavy atom. The van der Waals surface area contributed by atoms with Gasteiger partial charge in [-0.3, -0.25) is 4.90 Å². The van der Waals surface area contributed by atoms with Gasteiger partial charge in [-0.25, -0.2) is 0 Å². The van der Waals surface area contributed by atoms with Crippen LogP contribution in [0, 0.1) is 0 Å². The maximum Gasteiger partial charge on any atom is 0.169 e. The molecular weight excluding hydrogens is 246 g/mol. The molecule has 1 aromatic rings. The number of rotatable bonds is 4. The molecule has 1 fully saturated rings. The van der Waals surface area contributed by atoms with Crippen molar-refractivity contribution in [3.8, 4) is 0 Å². The first-order valence-corrected chi connectivity index (χ1v) is 6.98. The molecule has 1 saturated heterocycles. The summed E-state index contributed by atoms with van der Waals surface area (Å²) in [6, 6.07) is 3.85. The number of hydrogen-bond acceptors (Lipinski definition) is 3. The summed E-state index contributed by atoms with van der Waals surface area (Å²) in [4.78, 5) is 4.73. The van der Waals surface area contributed by atoms with Gasteiger partial charge in [-0.15, -0.1) is 0 Å². The highest BCUT2D eigenvalue weighted by Gasteiger charge is 2.17. The molecule has 100 valence electrons. The molecule has 0 unspecified atom stereocenters. The molecule has 2 rings (SSSR count). The van der Waals surface area contributed by atoms with Gasteiger partial charge in [0.15, 0.2) is 5.11 Å². The predicted molar refractivity (Wildman–Crippen MR) is 76.4 cm³/mol. The van der Waals surface area contributed by atoms with Gasteiger partial charge < -0.3 is 14.6 Å². The molecule has 5 heteroatoms. The van der Waals surface area contributed by atoms with E-state index in [1.165, 1.54) is 13.0 Å². The zero-order valence-electron chi connectivity index (χ0n) is 10.9. The van der Waals surface area contributed by atoms with Crippen molar-refractivity contribution in [1.82, 2.24) is 15.1 Å². The van der Waals surface area contributed by atoms with Crippen LogP contribution in [0.4, 0.5) is 0 Å². The lowest BCUT2D eigenvalue weighted by atomic mass is 10.3. The molecule has 0 spiro atoms. The number of hydrogen-bond donors (Lipinski definition) is 1. The molecule has 0 aromatic carbocycles. The fourth-order valence-corrected chi connectivity index (χ4v) is 2.43. The third kappa shape index (κ3) is 3.71. The molecule has 4 nitrogen and oxygen atoms in total. The summed E-state index contributed by atoms with van der Waals surface area (Å²) in [6.45, 7) is 8.34. The Kier molecular flexibility index (Phi) is 5.01. The van der Waals surface area contributed by atoms with Crippen molar-refractivity contribution in [3.63, 3.8) is 0 Å². The quantitative estimate of drug-likeness (QED) is 0.839. The molecule has 0 aliphatic carbocycles. The van der Waals surface area contributed by atoms with E-state index in [9.17, 15) is 0 Å². The van der Waals surface area contributed by atoms with Gasteiger partial charge in [0.2, 0.25) is 0 Å². The molecule has 0 radical (unpaired) electrons. The van der Waals surface area contributed by atoms with Crippen LogP contribution in [0.3, 0.4) is 0 Å². The van der Waals surface area contributed by atoms with E-state index in [-0.39, 0.29) is 0 Å². The van der Waals surface area contributed by atoms with E-state index in [0.717, 1.165) is 37.1 Å². The standard InChI is InChI=1S/C13H21N3OS/c1-2-5-15-6-8-16(9-7-15)13(18)14-11-12-4-3-10-17-12/h3-4,10H,2,5-9,11H2,1H3,(H,14,18). The first-order chi connectivity index (χ1) is 8.79. The van der Waals surface area contributed by atoms with E-state index < -0.39 is 0 Å². The highest BCUT2D eigenvalue weighted by atomic mass is 32.1. The highest BCUT2D eigenvalue weighted by molar-refractivity contribution is 7.80. The Bertz CT molecular complexity index is 358. The third-order valence-corrected chi connectivity index (χ3v) is 3.60. The predicted octanol–water partition coefficient (Wildman–Crippen LogP) is 1.68. The van der Waals surface area contributed by atoms with Crippen LogP contribution in [0.5, 0.6) is 0 Å². The lowest BCUT2D eigenvalue weighted by Crippen LogP contribution is -2.51. The van der Waals surface area contributed by atoms with Gasteiger partial charge in [-0.05, 0) is 37.3 Å². The maximum absolute atomic E-state index is 5.40. The third-order valence-electron chi connectivity index (χ3n) is 3.19. The van der Waals surface area contributed by atoms with Crippen molar-refractivity contribution in [3.05, 3.63) is 24.2 Å². The van der Waals surface area contributed by atoms with E-state index in [2.05, 4.69) is 22.0 Å². The second-order valence-corrected chi connectivity index (χ2v) is 4.95. The normalized spacial score (nSPS) is 16.8. The lowest BCUT2D eigenvalue weighted by molar-refractivity contribution is 0.181. The molecule has 0 atom stereocenters. The van der Waals surface area contributed by atoms with Crippen LogP contribution >= 0.6 is 12.2 Å². The van der Waals surface area contributed by atoms with Gasteiger partial charge in [-0.2, -0.15) is 0 Å². The van der Waals surface area contributed by atoms with Gasteiger partial charge in [0, 0.05) is 26.2 Å². The molecule has 2 heterocycles. The van der Waals surface area contributed by atoms with E-state index in [1.807, 2.05) is 12.1 Å². The fourth-order valence-electron chi connectivity index (χ4n) is 2.18. The zero-order valence-corrected chi connectivity index (χ0v) is 11.7. The number of piperazine rings is 1. The van der Waals surface area contributed by atoms with Crippen molar-refractivity contribution in [1.29, 1.82) is 0 Å². The van der Waals surface area contributed by atoms with E-state index in [0.29, 0.717) is 6.54 Å². The minimum Gasteiger partial charge on any atom is -0.467 e. The summed E-state index contributed by atoms with van der Waals surface area (Å²) >= 11 is 5.40. The largest absolute Gasteiger partial charge is 0.467 e. The van der Waals surface area contributed by atoms with Crippen molar-refractivity contribution in [2.45, 2.75) is 19.9 Å². The van der Waals surface area contributed by atoms with Crippen molar-refractivity contribution >= 4 is 17.3 Å². The number of nitrogens with one attached hydrogen (secondary N) is 1. The smallest absolute Gasteiger partial charge is 0.169 e. The van der Waals surface area contributed by atoms with E-state index in [1.54, 1.807) is 6.26 Å². The Balaban J connectivity index is 1.70. The molecular formula is C13H21N3OS. The minimum absolute atomic E-state index is 0.668. The van der Waals surface area contributed by atoms with E-state index >= 15 is 0 Å². The Morgan fingerprint density at radius 3 is 2.78 bits per heavy atom. The fraction of sp³-hybridized carbons (Fsp3) is 0.615. The van der Waals surface area contributed by atoms with E-state index in [4.69, 9.17) is 16.6 Å². The molecule has 0 saturated carbocycles. The molecule has 1 aliphatic heterocycles. The molecule has 1 N–H and O–H groups in total. The summed E-state index contributed by atoms with van der Waals surface area (Å²) in [5, 5.41) is 4.08. The van der Waals surface area contributed by atoms with Crippen LogP contribution < -0.4 is 5.32 Å². The average Bonchev–Trinajstić information content (AvgIpc) is 2.90. The number of furan rings is 1. The summed E-state index contributed by atoms with van der Waals surface area (Å²) < 4.78 is 5.27. The second kappa shape index (κ2) is 6.75. The summed E-state index contributed by atoms with van der Waals surface area (Å²) in [5.41, 5.74) is 0. The van der Waals surface area contributed by atoms with Gasteiger partial charge in [0.25, 0.3) is 0 Å². The maximum atomic E-state index is 5.40. The highest BCUT2D eigenvalue weighted by Crippen LogP contribution is 2.04. The van der Waals surface area contributed by atoms with Crippen LogP contribution in [0.1, 0.15) is 19.1 Å². The summed E-state index contributed by atoms with van der Waals surface area (Å²) in [6.07, 6.45) is 2.91. The monoisotopic (exact) mass is 267 g/mol. The van der Waals surface area contributed by atoms with Gasteiger partial charge in [0.1, 0.15) is 5.76 Å². The topological polar surface area (TPSA) is 31.6 Å². The first kappa shape index (κ1) is 13.4. The number of thiocarbonyl (C=S) groups is 1. The van der Waals surface area contributed by atoms with Gasteiger partial charge in [-0.1, -0.05) is 6.92 Å². The van der Waals surface area contributed by atoms with Crippen LogP contribution in [-0.4, -0.2) is 47.6 Å². The van der Waals surface area contributed by atoms with Crippen LogP contribution in [-0.2, 0) is 6.54 Å². The molecule has 18 heavy (non-hydrogen) atoms. The summed E-state index contributed by atoms with van der Waals surface area (Å²) in [7, 11) is 0. The molecule has 1 aromatic heterocycles. The molecule has 0 amide bonds. The molecule has 0 bridgehead atoms. The minimum atomic E-state index is 0.668. The second-order valence-electron chi connectivity index (χ2n) is 4.57. The number of nitrogens with zero attached hydrogens (tertiary/aromatic N) is 2. The van der Waals surface area contributed by atoms with Gasteiger partial charge in [0.05, 0.1) is 12.8 Å². The van der Waals surface area contributed by atoms with Crippen LogP contribution in [0.15, 0.2) is 22.8 Å². The van der Waals surface area contributed by atoms with Crippen molar-refractivity contribution in [2.24, 2.45) is 0 Å². The SMILES string of the molecule is CCCN1CCN(C(=S)NCc2ccco2)CC1. The lowest BCUT2D eigenvalue weighted by Gasteiger charge is -2.36. The van der Waals surface area contributed by atoms with Crippen molar-refractivity contribution in [2.75, 3.05) is 32.7 Å². The Morgan fingerprint density at radius 1 is 1.39 bits per heavy atom. The first-order valence-electron chi connectivity index (χ1n) is 6.57. The molecule has 1 aliphatic rings. The van der Waals surface area contributed by atoms with Crippen LogP contribution in [0.2, 0.25) is 0 Å². The Labute approximate surface area is 114 Å². The van der Waals surface area contributed by atoms with Crippen LogP contribution in [0.25, 0.3) is 0 Å². The van der Waals surface area contributed by atoms with Crippen molar-refractivity contribution < 1.29 is 4.42 Å². The Hall–Kier alpha value is -1.07.